The summed E-state index contributed by atoms with van der Waals surface area (Å²) in [6, 6.07) is 74.6. The van der Waals surface area contributed by atoms with Gasteiger partial charge < -0.3 is 4.42 Å². The maximum atomic E-state index is 6.39. The number of thiophene rings is 1. The molecule has 11 aromatic rings. The number of aliphatic imine (C=N–C) groups is 2. The highest BCUT2D eigenvalue weighted by molar-refractivity contribution is 7.26. The molecule has 63 heavy (non-hydrogen) atoms. The minimum atomic E-state index is 0.587. The van der Waals surface area contributed by atoms with Crippen molar-refractivity contribution in [1.29, 1.82) is 0 Å². The van der Waals surface area contributed by atoms with Gasteiger partial charge in [0.15, 0.2) is 5.84 Å². The van der Waals surface area contributed by atoms with Crippen molar-refractivity contribution < 1.29 is 4.42 Å². The van der Waals surface area contributed by atoms with E-state index in [1.807, 2.05) is 54.7 Å². The fraction of sp³-hybridized carbons (Fsp3) is 0.0169. The van der Waals surface area contributed by atoms with Gasteiger partial charge >= 0.3 is 0 Å². The molecule has 298 valence electrons. The number of nitrogens with zero attached hydrogens (tertiary/aromatic N) is 2. The Hall–Kier alpha value is -7.92. The van der Waals surface area contributed by atoms with E-state index >= 15 is 0 Å². The van der Waals surface area contributed by atoms with Crippen molar-refractivity contribution in [3.05, 3.63) is 236 Å². The summed E-state index contributed by atoms with van der Waals surface area (Å²) in [6.45, 7) is 6.60. The average Bonchev–Trinajstić information content (AvgIpc) is 3.93. The Labute approximate surface area is 370 Å². The van der Waals surface area contributed by atoms with Crippen LogP contribution in [0.2, 0.25) is 0 Å². The molecule has 0 radical (unpaired) electrons. The largest absolute Gasteiger partial charge is 0.456 e. The van der Waals surface area contributed by atoms with Crippen LogP contribution in [0.1, 0.15) is 23.6 Å². The van der Waals surface area contributed by atoms with Crippen LogP contribution in [0.4, 0.5) is 0 Å². The van der Waals surface area contributed by atoms with Gasteiger partial charge in [0.05, 0.1) is 5.70 Å². The molecule has 0 saturated heterocycles. The fourth-order valence-electron chi connectivity index (χ4n) is 8.77. The smallest absolute Gasteiger partial charge is 0.160 e. The molecule has 4 heteroatoms. The molecule has 0 spiro atoms. The molecule has 2 aromatic heterocycles. The zero-order valence-electron chi connectivity index (χ0n) is 34.6. The van der Waals surface area contributed by atoms with Gasteiger partial charge in [-0.15, -0.1) is 11.3 Å². The lowest BCUT2D eigenvalue weighted by Crippen LogP contribution is -2.04. The summed E-state index contributed by atoms with van der Waals surface area (Å²) in [6.07, 6.45) is 0. The van der Waals surface area contributed by atoms with Gasteiger partial charge in [-0.25, -0.2) is 9.98 Å². The topological polar surface area (TPSA) is 37.9 Å². The van der Waals surface area contributed by atoms with E-state index < -0.39 is 0 Å². The third-order valence-corrected chi connectivity index (χ3v) is 13.2. The Balaban J connectivity index is 1.00. The Morgan fingerprint density at radius 1 is 0.429 bits per heavy atom. The van der Waals surface area contributed by atoms with Gasteiger partial charge in [0.1, 0.15) is 11.2 Å². The third-order valence-electron chi connectivity index (χ3n) is 11.9. The van der Waals surface area contributed by atoms with E-state index in [9.17, 15) is 0 Å². The summed E-state index contributed by atoms with van der Waals surface area (Å²) in [7, 11) is 0. The first-order valence-corrected chi connectivity index (χ1v) is 22.0. The summed E-state index contributed by atoms with van der Waals surface area (Å²) in [5, 5.41) is 4.54. The molecular formula is C59H40N2OS. The zero-order chi connectivity index (χ0) is 42.3. The van der Waals surface area contributed by atoms with Crippen LogP contribution in [0.3, 0.4) is 0 Å². The molecular weight excluding hydrogens is 785 g/mol. The van der Waals surface area contributed by atoms with E-state index in [0.29, 0.717) is 11.5 Å². The summed E-state index contributed by atoms with van der Waals surface area (Å²) in [5.74, 6) is 0.587. The van der Waals surface area contributed by atoms with Crippen molar-refractivity contribution in [1.82, 2.24) is 0 Å². The van der Waals surface area contributed by atoms with Crippen molar-refractivity contribution in [2.45, 2.75) is 6.92 Å². The minimum Gasteiger partial charge on any atom is -0.456 e. The highest BCUT2D eigenvalue weighted by Gasteiger charge is 2.18. The maximum Gasteiger partial charge on any atom is 0.160 e. The molecule has 0 N–H and O–H groups in total. The minimum absolute atomic E-state index is 0.587. The molecule has 0 aliphatic rings. The predicted octanol–water partition coefficient (Wildman–Crippen LogP) is 16.5. The molecule has 9 aromatic carbocycles. The van der Waals surface area contributed by atoms with Crippen LogP contribution in [0.25, 0.3) is 92.3 Å². The highest BCUT2D eigenvalue weighted by Crippen LogP contribution is 2.45. The standard InChI is InChI=1S/C59H40N2OS/c1-38(40-17-6-3-7-18-40)60-59(61-39(2)46-25-16-30-55-56(46)53-37-45(35-36-54(53)62-55)41-19-8-4-9-20-41)44-33-31-43(32-34-44)48-26-14-28-51-52-29-15-27-50(58(52)63-57(48)51)49-24-13-12-23-47(49)42-21-10-5-11-22-42/h3-37H,2H2,1H3. The fourth-order valence-corrected chi connectivity index (χ4v) is 10.1. The van der Waals surface area contributed by atoms with Gasteiger partial charge in [-0.1, -0.05) is 201 Å². The highest BCUT2D eigenvalue weighted by atomic mass is 32.1. The SMILES string of the molecule is C=C(N=C(N=C(C)c1ccccc1)c1ccc(-c2cccc3c2sc2c(-c4ccccc4-c4ccccc4)cccc23)cc1)c1cccc2oc3ccc(-c4ccccc4)cc3c12. The molecule has 0 atom stereocenters. The molecule has 0 amide bonds. The number of benzene rings is 9. The number of hydrogen-bond donors (Lipinski definition) is 0. The lowest BCUT2D eigenvalue weighted by molar-refractivity contribution is 0.669. The molecule has 0 unspecified atom stereocenters. The molecule has 0 aliphatic heterocycles. The van der Waals surface area contributed by atoms with Gasteiger partial charge in [-0.3, -0.25) is 0 Å². The first-order valence-electron chi connectivity index (χ1n) is 21.2. The van der Waals surface area contributed by atoms with Crippen molar-refractivity contribution in [3.63, 3.8) is 0 Å². The van der Waals surface area contributed by atoms with Crippen LogP contribution >= 0.6 is 11.3 Å². The van der Waals surface area contributed by atoms with Gasteiger partial charge in [0, 0.05) is 53.3 Å². The van der Waals surface area contributed by atoms with Gasteiger partial charge in [-0.05, 0) is 69.6 Å². The first kappa shape index (κ1) is 38.0. The molecule has 0 saturated carbocycles. The van der Waals surface area contributed by atoms with Crippen LogP contribution in [0.5, 0.6) is 0 Å². The van der Waals surface area contributed by atoms with E-state index in [-0.39, 0.29) is 0 Å². The van der Waals surface area contributed by atoms with Crippen molar-refractivity contribution >= 4 is 70.7 Å². The first-order chi connectivity index (χ1) is 31.1. The number of furan rings is 1. The molecule has 0 bridgehead atoms. The van der Waals surface area contributed by atoms with Crippen molar-refractivity contribution in [2.24, 2.45) is 9.98 Å². The van der Waals surface area contributed by atoms with E-state index in [1.165, 1.54) is 48.0 Å². The summed E-state index contributed by atoms with van der Waals surface area (Å²) in [5.41, 5.74) is 15.5. The van der Waals surface area contributed by atoms with E-state index in [1.54, 1.807) is 0 Å². The molecule has 0 aliphatic carbocycles. The second kappa shape index (κ2) is 16.2. The second-order valence-corrected chi connectivity index (χ2v) is 16.8. The maximum absolute atomic E-state index is 6.39. The van der Waals surface area contributed by atoms with Gasteiger partial charge in [-0.2, -0.15) is 0 Å². The van der Waals surface area contributed by atoms with E-state index in [2.05, 4.69) is 183 Å². The van der Waals surface area contributed by atoms with Crippen LogP contribution in [0, 0.1) is 0 Å². The third kappa shape index (κ3) is 7.07. The molecule has 0 fully saturated rings. The number of hydrogen-bond acceptors (Lipinski definition) is 3. The lowest BCUT2D eigenvalue weighted by atomic mass is 9.93. The molecule has 2 heterocycles. The monoisotopic (exact) mass is 824 g/mol. The Morgan fingerprint density at radius 2 is 1.00 bits per heavy atom. The van der Waals surface area contributed by atoms with Crippen molar-refractivity contribution in [2.75, 3.05) is 0 Å². The number of fused-ring (bicyclic) bond motifs is 6. The second-order valence-electron chi connectivity index (χ2n) is 15.8. The van der Waals surface area contributed by atoms with Gasteiger partial charge in [0.25, 0.3) is 0 Å². The quantitative estimate of drug-likeness (QED) is 0.111. The summed E-state index contributed by atoms with van der Waals surface area (Å²) in [4.78, 5) is 10.4. The Morgan fingerprint density at radius 3 is 1.73 bits per heavy atom. The average molecular weight is 825 g/mol. The van der Waals surface area contributed by atoms with Crippen molar-refractivity contribution in [3.8, 4) is 44.5 Å². The summed E-state index contributed by atoms with van der Waals surface area (Å²) < 4.78 is 8.94. The molecule has 3 nitrogen and oxygen atoms in total. The Bertz CT molecular complexity index is 3560. The van der Waals surface area contributed by atoms with Crippen LogP contribution in [0.15, 0.2) is 233 Å². The zero-order valence-corrected chi connectivity index (χ0v) is 35.4. The van der Waals surface area contributed by atoms with Crippen LogP contribution in [-0.4, -0.2) is 11.5 Å². The van der Waals surface area contributed by atoms with E-state index in [4.69, 9.17) is 14.4 Å². The lowest BCUT2D eigenvalue weighted by Gasteiger charge is -2.11. The predicted molar refractivity (Wildman–Crippen MR) is 269 cm³/mol. The van der Waals surface area contributed by atoms with Crippen LogP contribution < -0.4 is 0 Å². The molecule has 11 rings (SSSR count). The normalized spacial score (nSPS) is 12.1. The van der Waals surface area contributed by atoms with E-state index in [0.717, 1.165) is 61.0 Å². The number of rotatable bonds is 8. The summed E-state index contributed by atoms with van der Waals surface area (Å²) >= 11 is 1.87. The van der Waals surface area contributed by atoms with Crippen LogP contribution in [-0.2, 0) is 0 Å². The Kier molecular flexibility index (Phi) is 9.76. The van der Waals surface area contributed by atoms with Gasteiger partial charge in [0.2, 0.25) is 0 Å². The number of amidine groups is 1.